The average molecular weight is 551 g/mol. The number of hydrogen-bond donors (Lipinski definition) is 5. The Balaban J connectivity index is 1.34. The van der Waals surface area contributed by atoms with Crippen LogP contribution in [0.15, 0.2) is 11.1 Å². The number of unbranched alkanes of at least 4 members (excludes halogenated alkanes) is 13. The van der Waals surface area contributed by atoms with Crippen molar-refractivity contribution < 1.29 is 24.5 Å². The number of aromatic nitrogens is 4. The number of aromatic amines is 1. The van der Waals surface area contributed by atoms with Crippen LogP contribution in [0.2, 0.25) is 0 Å². The highest BCUT2D eigenvalue weighted by Crippen LogP contribution is 2.33. The third-order valence-corrected chi connectivity index (χ3v) is 7.26. The number of carbonyl (C=O) groups excluding carboxylic acids is 1. The number of aliphatic hydroxyl groups excluding tert-OH is 2. The fourth-order valence-electron chi connectivity index (χ4n) is 5.02. The summed E-state index contributed by atoms with van der Waals surface area (Å²) in [6, 6.07) is 0. The quantitative estimate of drug-likeness (QED) is 0.174. The predicted molar refractivity (Wildman–Crippen MR) is 148 cm³/mol. The highest BCUT2D eigenvalue weighted by atomic mass is 16.6. The van der Waals surface area contributed by atoms with Crippen LogP contribution in [0.5, 0.6) is 0 Å². The van der Waals surface area contributed by atoms with Crippen LogP contribution in [-0.4, -0.2) is 67.3 Å². The van der Waals surface area contributed by atoms with Crippen molar-refractivity contribution in [3.05, 3.63) is 16.7 Å². The lowest BCUT2D eigenvalue weighted by atomic mass is 10.0. The molecule has 0 aromatic carbocycles. The zero-order valence-electron chi connectivity index (χ0n) is 23.1. The van der Waals surface area contributed by atoms with E-state index in [-0.39, 0.29) is 17.1 Å². The van der Waals surface area contributed by atoms with E-state index in [1.807, 2.05) is 0 Å². The van der Waals surface area contributed by atoms with Crippen molar-refractivity contribution >= 4 is 23.2 Å². The number of nitrogen functional groups attached to an aromatic ring is 1. The zero-order valence-corrected chi connectivity index (χ0v) is 23.1. The molecule has 39 heavy (non-hydrogen) atoms. The van der Waals surface area contributed by atoms with Gasteiger partial charge in [-0.3, -0.25) is 14.3 Å². The van der Waals surface area contributed by atoms with Gasteiger partial charge in [-0.05, 0) is 6.42 Å². The van der Waals surface area contributed by atoms with Crippen LogP contribution in [0.1, 0.15) is 103 Å². The fraction of sp³-hybridized carbons (Fsp3) is 0.778. The maximum atomic E-state index is 12.5. The van der Waals surface area contributed by atoms with Crippen molar-refractivity contribution in [1.82, 2.24) is 24.8 Å². The van der Waals surface area contributed by atoms with Crippen LogP contribution < -0.4 is 16.6 Å². The minimum atomic E-state index is -1.29. The summed E-state index contributed by atoms with van der Waals surface area (Å²) >= 11 is 0. The van der Waals surface area contributed by atoms with Gasteiger partial charge < -0.3 is 30.7 Å². The van der Waals surface area contributed by atoms with E-state index in [9.17, 15) is 19.8 Å². The SMILES string of the molecule is CCCCCCCCCCCCCCCCNC(=O)O[C@@H]1[C@H](O)[C@@H](CO)O[C@H]1n1cnc2c(=O)[nH]c(N)nc21. The first kappa shape index (κ1) is 30.8. The van der Waals surface area contributed by atoms with Gasteiger partial charge in [0.1, 0.15) is 12.2 Å². The van der Waals surface area contributed by atoms with E-state index in [2.05, 4.69) is 27.2 Å². The molecular weight excluding hydrogens is 504 g/mol. The van der Waals surface area contributed by atoms with Crippen molar-refractivity contribution in [2.75, 3.05) is 18.9 Å². The fourth-order valence-corrected chi connectivity index (χ4v) is 5.02. The molecule has 0 unspecified atom stereocenters. The van der Waals surface area contributed by atoms with E-state index in [1.165, 1.54) is 81.5 Å². The molecule has 0 bridgehead atoms. The number of amides is 1. The third kappa shape index (κ3) is 9.18. The minimum Gasteiger partial charge on any atom is -0.439 e. The number of rotatable bonds is 18. The molecule has 3 heterocycles. The van der Waals surface area contributed by atoms with E-state index < -0.39 is 42.8 Å². The van der Waals surface area contributed by atoms with E-state index >= 15 is 0 Å². The van der Waals surface area contributed by atoms with Crippen LogP contribution in [-0.2, 0) is 9.47 Å². The summed E-state index contributed by atoms with van der Waals surface area (Å²) in [4.78, 5) is 35.1. The molecule has 1 saturated heterocycles. The van der Waals surface area contributed by atoms with Gasteiger partial charge in [0.2, 0.25) is 5.95 Å². The summed E-state index contributed by atoms with van der Waals surface area (Å²) in [5, 5.41) is 22.9. The molecule has 0 radical (unpaired) electrons. The molecule has 1 fully saturated rings. The lowest BCUT2D eigenvalue weighted by Crippen LogP contribution is -2.40. The number of hydrogen-bond acceptors (Lipinski definition) is 9. The molecule has 12 nitrogen and oxygen atoms in total. The molecule has 2 aromatic heterocycles. The van der Waals surface area contributed by atoms with E-state index in [4.69, 9.17) is 15.2 Å². The monoisotopic (exact) mass is 550 g/mol. The van der Waals surface area contributed by atoms with Gasteiger partial charge >= 0.3 is 6.09 Å². The Bertz CT molecular complexity index is 1060. The second kappa shape index (κ2) is 16.4. The highest BCUT2D eigenvalue weighted by molar-refractivity contribution is 5.71. The van der Waals surface area contributed by atoms with E-state index in [1.54, 1.807) is 0 Å². The topological polar surface area (TPSA) is 178 Å². The van der Waals surface area contributed by atoms with Crippen LogP contribution in [0.25, 0.3) is 11.2 Å². The van der Waals surface area contributed by atoms with Crippen LogP contribution in [0, 0.1) is 0 Å². The maximum Gasteiger partial charge on any atom is 0.407 e. The molecule has 1 aliphatic heterocycles. The normalized spacial score (nSPS) is 21.0. The number of anilines is 1. The Morgan fingerprint density at radius 3 is 2.26 bits per heavy atom. The Morgan fingerprint density at radius 2 is 1.67 bits per heavy atom. The number of ether oxygens (including phenoxy) is 2. The molecule has 1 aliphatic rings. The van der Waals surface area contributed by atoms with Gasteiger partial charge in [-0.15, -0.1) is 0 Å². The Morgan fingerprint density at radius 1 is 1.08 bits per heavy atom. The Kier molecular flexibility index (Phi) is 13.0. The molecule has 1 amide bonds. The Hall–Kier alpha value is -2.70. The number of aliphatic hydroxyl groups is 2. The maximum absolute atomic E-state index is 12.5. The molecule has 0 saturated carbocycles. The molecule has 2 aromatic rings. The molecule has 12 heteroatoms. The van der Waals surface area contributed by atoms with E-state index in [0.717, 1.165) is 19.3 Å². The first-order valence-electron chi connectivity index (χ1n) is 14.6. The number of imidazole rings is 1. The largest absolute Gasteiger partial charge is 0.439 e. The molecule has 0 aliphatic carbocycles. The van der Waals surface area contributed by atoms with Crippen LogP contribution in [0.3, 0.4) is 0 Å². The van der Waals surface area contributed by atoms with Gasteiger partial charge in [-0.2, -0.15) is 4.98 Å². The summed E-state index contributed by atoms with van der Waals surface area (Å²) in [7, 11) is 0. The molecule has 0 spiro atoms. The van der Waals surface area contributed by atoms with Gasteiger partial charge in [0.15, 0.2) is 23.5 Å². The molecular formula is C27H46N6O6. The van der Waals surface area contributed by atoms with Gasteiger partial charge in [-0.25, -0.2) is 9.78 Å². The second-order valence-corrected chi connectivity index (χ2v) is 10.4. The molecule has 3 rings (SSSR count). The molecule has 6 N–H and O–H groups in total. The predicted octanol–water partition coefficient (Wildman–Crippen LogP) is 3.53. The van der Waals surface area contributed by atoms with Crippen molar-refractivity contribution in [1.29, 1.82) is 0 Å². The summed E-state index contributed by atoms with van der Waals surface area (Å²) in [5.74, 6) is -0.116. The molecule has 220 valence electrons. The van der Waals surface area contributed by atoms with Crippen molar-refractivity contribution in [2.24, 2.45) is 0 Å². The Labute approximate surface area is 229 Å². The van der Waals surface area contributed by atoms with Gasteiger partial charge in [0, 0.05) is 6.54 Å². The van der Waals surface area contributed by atoms with Gasteiger partial charge in [0.05, 0.1) is 12.9 Å². The zero-order chi connectivity index (χ0) is 28.0. The number of alkyl carbamates (subject to hydrolysis) is 1. The first-order chi connectivity index (χ1) is 19.0. The van der Waals surface area contributed by atoms with E-state index in [0.29, 0.717) is 6.54 Å². The van der Waals surface area contributed by atoms with Crippen LogP contribution in [0.4, 0.5) is 10.7 Å². The van der Waals surface area contributed by atoms with Crippen molar-refractivity contribution in [3.63, 3.8) is 0 Å². The number of nitrogens with zero attached hydrogens (tertiary/aromatic N) is 3. The standard InChI is InChI=1S/C27H46N6O6/c1-2-3-4-5-6-7-8-9-10-11-12-13-14-15-16-29-27(37)39-22-21(35)19(17-34)38-25(22)33-18-30-20-23(33)31-26(28)32-24(20)36/h18-19,21-22,25,34-35H,2-17H2,1H3,(H,29,37)(H3,28,31,32,36)/t19-,21-,22-,25-/m1/s1. The van der Waals surface area contributed by atoms with Crippen LogP contribution >= 0.6 is 0 Å². The summed E-state index contributed by atoms with van der Waals surface area (Å²) in [5.41, 5.74) is 5.27. The summed E-state index contributed by atoms with van der Waals surface area (Å²) in [6.45, 7) is 2.22. The lowest BCUT2D eigenvalue weighted by Gasteiger charge is -2.22. The average Bonchev–Trinajstić information content (AvgIpc) is 3.47. The number of fused-ring (bicyclic) bond motifs is 1. The summed E-state index contributed by atoms with van der Waals surface area (Å²) in [6.07, 6.45) is 13.7. The van der Waals surface area contributed by atoms with Crippen molar-refractivity contribution in [3.8, 4) is 0 Å². The summed E-state index contributed by atoms with van der Waals surface area (Å²) < 4.78 is 12.6. The highest BCUT2D eigenvalue weighted by Gasteiger charge is 2.47. The third-order valence-electron chi connectivity index (χ3n) is 7.26. The molecule has 4 atom stereocenters. The lowest BCUT2D eigenvalue weighted by molar-refractivity contribution is -0.0529. The van der Waals surface area contributed by atoms with Crippen molar-refractivity contribution in [2.45, 2.75) is 121 Å². The second-order valence-electron chi connectivity index (χ2n) is 10.4. The number of nitrogens with one attached hydrogen (secondary N) is 2. The minimum absolute atomic E-state index is 0.0238. The smallest absolute Gasteiger partial charge is 0.407 e. The number of H-pyrrole nitrogens is 1. The van der Waals surface area contributed by atoms with Gasteiger partial charge in [0.25, 0.3) is 5.56 Å². The first-order valence-corrected chi connectivity index (χ1v) is 14.6. The number of carbonyl (C=O) groups is 1. The van der Waals surface area contributed by atoms with Gasteiger partial charge in [-0.1, -0.05) is 90.4 Å². The number of nitrogens with two attached hydrogens (primary N) is 1.